The number of hydrogen-bond donors (Lipinski definition) is 1. The first-order valence-corrected chi connectivity index (χ1v) is 6.78. The SMILES string of the molecule is Cc1cc(OCc2ccc(Cl)cc2)c([C@@H](C)N)cc1F. The monoisotopic (exact) mass is 293 g/mol. The van der Waals surface area contributed by atoms with Crippen LogP contribution in [0.3, 0.4) is 0 Å². The van der Waals surface area contributed by atoms with Crippen molar-refractivity contribution in [3.05, 3.63) is 63.9 Å². The van der Waals surface area contributed by atoms with Crippen molar-refractivity contribution in [3.8, 4) is 5.75 Å². The molecule has 0 radical (unpaired) electrons. The maximum Gasteiger partial charge on any atom is 0.126 e. The van der Waals surface area contributed by atoms with Crippen molar-refractivity contribution < 1.29 is 9.13 Å². The Morgan fingerprint density at radius 2 is 1.90 bits per heavy atom. The summed E-state index contributed by atoms with van der Waals surface area (Å²) in [5, 5.41) is 0.683. The van der Waals surface area contributed by atoms with Crippen molar-refractivity contribution in [2.75, 3.05) is 0 Å². The zero-order chi connectivity index (χ0) is 14.7. The van der Waals surface area contributed by atoms with Gasteiger partial charge in [-0.2, -0.15) is 0 Å². The predicted molar refractivity (Wildman–Crippen MR) is 79.5 cm³/mol. The van der Waals surface area contributed by atoms with Crippen LogP contribution < -0.4 is 10.5 Å². The minimum absolute atomic E-state index is 0.267. The quantitative estimate of drug-likeness (QED) is 0.907. The molecule has 0 aliphatic carbocycles. The van der Waals surface area contributed by atoms with Crippen LogP contribution in [0.1, 0.15) is 29.7 Å². The highest BCUT2D eigenvalue weighted by atomic mass is 35.5. The van der Waals surface area contributed by atoms with E-state index >= 15 is 0 Å². The van der Waals surface area contributed by atoms with Gasteiger partial charge in [0, 0.05) is 16.6 Å². The third kappa shape index (κ3) is 3.50. The molecule has 4 heteroatoms. The molecule has 0 saturated carbocycles. The molecule has 1 atom stereocenters. The average molecular weight is 294 g/mol. The summed E-state index contributed by atoms with van der Waals surface area (Å²) in [5.74, 6) is 0.352. The van der Waals surface area contributed by atoms with Crippen LogP contribution in [0.5, 0.6) is 5.75 Å². The lowest BCUT2D eigenvalue weighted by Gasteiger charge is -2.15. The normalized spacial score (nSPS) is 12.2. The highest BCUT2D eigenvalue weighted by Crippen LogP contribution is 2.28. The first kappa shape index (κ1) is 14.8. The largest absolute Gasteiger partial charge is 0.489 e. The smallest absolute Gasteiger partial charge is 0.126 e. The zero-order valence-electron chi connectivity index (χ0n) is 11.5. The van der Waals surface area contributed by atoms with Crippen molar-refractivity contribution in [3.63, 3.8) is 0 Å². The van der Waals surface area contributed by atoms with Crippen LogP contribution in [-0.2, 0) is 6.61 Å². The molecular formula is C16H17ClFNO. The second kappa shape index (κ2) is 6.25. The van der Waals surface area contributed by atoms with Gasteiger partial charge in [-0.25, -0.2) is 4.39 Å². The molecule has 2 nitrogen and oxygen atoms in total. The number of hydrogen-bond acceptors (Lipinski definition) is 2. The molecule has 106 valence electrons. The van der Waals surface area contributed by atoms with Crippen LogP contribution in [0.25, 0.3) is 0 Å². The third-order valence-electron chi connectivity index (χ3n) is 3.09. The molecule has 2 rings (SSSR count). The molecule has 0 aliphatic rings. The Labute approximate surface area is 123 Å². The summed E-state index contributed by atoms with van der Waals surface area (Å²) < 4.78 is 19.4. The summed E-state index contributed by atoms with van der Waals surface area (Å²) in [6, 6.07) is 10.2. The van der Waals surface area contributed by atoms with Crippen molar-refractivity contribution >= 4 is 11.6 Å². The van der Waals surface area contributed by atoms with E-state index in [-0.39, 0.29) is 11.9 Å². The Balaban J connectivity index is 2.20. The van der Waals surface area contributed by atoms with Gasteiger partial charge in [0.25, 0.3) is 0 Å². The highest BCUT2D eigenvalue weighted by Gasteiger charge is 2.12. The van der Waals surface area contributed by atoms with Crippen molar-refractivity contribution in [1.29, 1.82) is 0 Å². The Kier molecular flexibility index (Phi) is 4.63. The number of rotatable bonds is 4. The van der Waals surface area contributed by atoms with E-state index in [1.165, 1.54) is 6.07 Å². The van der Waals surface area contributed by atoms with E-state index in [4.69, 9.17) is 22.1 Å². The van der Waals surface area contributed by atoms with Gasteiger partial charge in [0.2, 0.25) is 0 Å². The summed E-state index contributed by atoms with van der Waals surface area (Å²) in [5.41, 5.74) is 8.06. The van der Waals surface area contributed by atoms with E-state index in [1.807, 2.05) is 24.3 Å². The van der Waals surface area contributed by atoms with E-state index in [0.29, 0.717) is 28.5 Å². The van der Waals surface area contributed by atoms with Gasteiger partial charge < -0.3 is 10.5 Å². The standard InChI is InChI=1S/C16H17ClFNO/c1-10-7-16(14(11(2)19)8-15(10)18)20-9-12-3-5-13(17)6-4-12/h3-8,11H,9,19H2,1-2H3/t11-/m1/s1. The molecule has 0 aromatic heterocycles. The van der Waals surface area contributed by atoms with Crippen LogP contribution in [0.2, 0.25) is 5.02 Å². The zero-order valence-corrected chi connectivity index (χ0v) is 12.2. The summed E-state index contributed by atoms with van der Waals surface area (Å²) in [6.07, 6.45) is 0. The number of nitrogens with two attached hydrogens (primary N) is 1. The molecule has 0 spiro atoms. The Morgan fingerprint density at radius 1 is 1.25 bits per heavy atom. The first-order chi connectivity index (χ1) is 9.47. The van der Waals surface area contributed by atoms with Crippen LogP contribution in [0.4, 0.5) is 4.39 Å². The van der Waals surface area contributed by atoms with Crippen LogP contribution in [0, 0.1) is 12.7 Å². The van der Waals surface area contributed by atoms with Gasteiger partial charge in [-0.15, -0.1) is 0 Å². The molecular weight excluding hydrogens is 277 g/mol. The molecule has 2 aromatic carbocycles. The van der Waals surface area contributed by atoms with Crippen LogP contribution in [-0.4, -0.2) is 0 Å². The topological polar surface area (TPSA) is 35.2 Å². The lowest BCUT2D eigenvalue weighted by molar-refractivity contribution is 0.300. The molecule has 2 N–H and O–H groups in total. The Hall–Kier alpha value is -1.58. The van der Waals surface area contributed by atoms with Gasteiger partial charge >= 0.3 is 0 Å². The molecule has 20 heavy (non-hydrogen) atoms. The fourth-order valence-electron chi connectivity index (χ4n) is 1.89. The van der Waals surface area contributed by atoms with Gasteiger partial charge in [-0.05, 0) is 49.2 Å². The van der Waals surface area contributed by atoms with E-state index in [1.54, 1.807) is 19.9 Å². The van der Waals surface area contributed by atoms with Crippen molar-refractivity contribution in [2.45, 2.75) is 26.5 Å². The third-order valence-corrected chi connectivity index (χ3v) is 3.34. The van der Waals surface area contributed by atoms with Gasteiger partial charge in [-0.3, -0.25) is 0 Å². The Bertz CT molecular complexity index is 596. The lowest BCUT2D eigenvalue weighted by atomic mass is 10.1. The molecule has 0 unspecified atom stereocenters. The maximum atomic E-state index is 13.6. The number of aryl methyl sites for hydroxylation is 1. The van der Waals surface area contributed by atoms with Crippen LogP contribution in [0.15, 0.2) is 36.4 Å². The van der Waals surface area contributed by atoms with E-state index in [0.717, 1.165) is 5.56 Å². The lowest BCUT2D eigenvalue weighted by Crippen LogP contribution is -2.09. The average Bonchev–Trinajstić information content (AvgIpc) is 2.41. The van der Waals surface area contributed by atoms with Gasteiger partial charge in [-0.1, -0.05) is 23.7 Å². The Morgan fingerprint density at radius 3 is 2.50 bits per heavy atom. The fraction of sp³-hybridized carbons (Fsp3) is 0.250. The first-order valence-electron chi connectivity index (χ1n) is 6.40. The second-order valence-electron chi connectivity index (χ2n) is 4.84. The summed E-state index contributed by atoms with van der Waals surface area (Å²) in [4.78, 5) is 0. The van der Waals surface area contributed by atoms with Crippen molar-refractivity contribution in [2.24, 2.45) is 5.73 Å². The van der Waals surface area contributed by atoms with Gasteiger partial charge in [0.15, 0.2) is 0 Å². The molecule has 0 bridgehead atoms. The minimum Gasteiger partial charge on any atom is -0.489 e. The van der Waals surface area contributed by atoms with Crippen molar-refractivity contribution in [1.82, 2.24) is 0 Å². The number of benzene rings is 2. The molecule has 0 fully saturated rings. The highest BCUT2D eigenvalue weighted by molar-refractivity contribution is 6.30. The number of halogens is 2. The minimum atomic E-state index is -0.287. The number of ether oxygens (including phenoxy) is 1. The summed E-state index contributed by atoms with van der Waals surface area (Å²) in [7, 11) is 0. The molecule has 0 aliphatic heterocycles. The van der Waals surface area contributed by atoms with E-state index in [2.05, 4.69) is 0 Å². The summed E-state index contributed by atoms with van der Waals surface area (Å²) >= 11 is 5.83. The second-order valence-corrected chi connectivity index (χ2v) is 5.28. The summed E-state index contributed by atoms with van der Waals surface area (Å²) in [6.45, 7) is 3.90. The fourth-order valence-corrected chi connectivity index (χ4v) is 2.02. The van der Waals surface area contributed by atoms with Gasteiger partial charge in [0.1, 0.15) is 18.2 Å². The molecule has 0 saturated heterocycles. The van der Waals surface area contributed by atoms with Gasteiger partial charge in [0.05, 0.1) is 0 Å². The molecule has 0 amide bonds. The van der Waals surface area contributed by atoms with E-state index < -0.39 is 0 Å². The maximum absolute atomic E-state index is 13.6. The predicted octanol–water partition coefficient (Wildman–Crippen LogP) is 4.39. The molecule has 0 heterocycles. The molecule has 2 aromatic rings. The van der Waals surface area contributed by atoms with Crippen LogP contribution >= 0.6 is 11.6 Å². The van der Waals surface area contributed by atoms with E-state index in [9.17, 15) is 4.39 Å².